The second-order valence-electron chi connectivity index (χ2n) is 6.82. The van der Waals surface area contributed by atoms with E-state index in [1.54, 1.807) is 22.8 Å². The highest BCUT2D eigenvalue weighted by molar-refractivity contribution is 6.31. The zero-order valence-corrected chi connectivity index (χ0v) is 15.5. The molecule has 3 aromatic rings. The molecular weight excluding hydrogens is 366 g/mol. The molecule has 0 radical (unpaired) electrons. The van der Waals surface area contributed by atoms with Gasteiger partial charge in [0.15, 0.2) is 5.58 Å². The van der Waals surface area contributed by atoms with Gasteiger partial charge in [-0.2, -0.15) is 0 Å². The Labute approximate surface area is 161 Å². The maximum absolute atomic E-state index is 12.6. The lowest BCUT2D eigenvalue weighted by atomic mass is 9.97. The first-order chi connectivity index (χ1) is 13.1. The molecule has 1 N–H and O–H groups in total. The summed E-state index contributed by atoms with van der Waals surface area (Å²) in [7, 11) is 0. The number of carbonyl (C=O) groups is 1. The third kappa shape index (κ3) is 3.91. The average Bonchev–Trinajstić information content (AvgIpc) is 2.98. The first-order valence-electron chi connectivity index (χ1n) is 8.97. The van der Waals surface area contributed by atoms with Crippen LogP contribution in [-0.2, 0) is 11.5 Å². The SMILES string of the molecule is O=C(Nc1ccccc1)[C@@H]1CCCN(Cn2c(=O)oc3ccc(Cl)cc32)C1. The fourth-order valence-electron chi connectivity index (χ4n) is 3.53. The molecule has 0 bridgehead atoms. The van der Waals surface area contributed by atoms with Crippen LogP contribution in [0, 0.1) is 5.92 Å². The van der Waals surface area contributed by atoms with E-state index in [9.17, 15) is 9.59 Å². The molecule has 4 rings (SSSR count). The highest BCUT2D eigenvalue weighted by Gasteiger charge is 2.26. The molecule has 27 heavy (non-hydrogen) atoms. The molecule has 1 aromatic heterocycles. The summed E-state index contributed by atoms with van der Waals surface area (Å²) in [4.78, 5) is 26.9. The summed E-state index contributed by atoms with van der Waals surface area (Å²) < 4.78 is 6.86. The lowest BCUT2D eigenvalue weighted by Crippen LogP contribution is -2.42. The number of piperidine rings is 1. The minimum Gasteiger partial charge on any atom is -0.408 e. The number of amides is 1. The third-order valence-electron chi connectivity index (χ3n) is 4.89. The lowest BCUT2D eigenvalue weighted by Gasteiger charge is -2.31. The van der Waals surface area contributed by atoms with Crippen LogP contribution >= 0.6 is 11.6 Å². The zero-order valence-electron chi connectivity index (χ0n) is 14.7. The van der Waals surface area contributed by atoms with Crippen molar-refractivity contribution in [3.8, 4) is 0 Å². The summed E-state index contributed by atoms with van der Waals surface area (Å²) >= 11 is 6.06. The Balaban J connectivity index is 1.47. The van der Waals surface area contributed by atoms with Crippen molar-refractivity contribution in [2.75, 3.05) is 18.4 Å². The number of para-hydroxylation sites is 1. The molecule has 1 aliphatic heterocycles. The van der Waals surface area contributed by atoms with E-state index in [0.29, 0.717) is 29.3 Å². The smallest absolute Gasteiger partial charge is 0.408 e. The van der Waals surface area contributed by atoms with Crippen molar-refractivity contribution in [3.63, 3.8) is 0 Å². The van der Waals surface area contributed by atoms with Gasteiger partial charge in [-0.15, -0.1) is 0 Å². The summed E-state index contributed by atoms with van der Waals surface area (Å²) in [6, 6.07) is 14.6. The number of anilines is 1. The highest BCUT2D eigenvalue weighted by Crippen LogP contribution is 2.22. The monoisotopic (exact) mass is 385 g/mol. The number of nitrogens with zero attached hydrogens (tertiary/aromatic N) is 2. The van der Waals surface area contributed by atoms with Gasteiger partial charge >= 0.3 is 5.76 Å². The Kier molecular flexibility index (Phi) is 5.01. The van der Waals surface area contributed by atoms with E-state index in [0.717, 1.165) is 25.1 Å². The van der Waals surface area contributed by atoms with Crippen LogP contribution in [0.3, 0.4) is 0 Å². The van der Waals surface area contributed by atoms with Gasteiger partial charge in [-0.1, -0.05) is 29.8 Å². The fraction of sp³-hybridized carbons (Fsp3) is 0.300. The average molecular weight is 386 g/mol. The van der Waals surface area contributed by atoms with Gasteiger partial charge in [0.1, 0.15) is 0 Å². The number of hydrogen-bond donors (Lipinski definition) is 1. The molecule has 1 saturated heterocycles. The Morgan fingerprint density at radius 2 is 2.04 bits per heavy atom. The second kappa shape index (κ2) is 7.58. The van der Waals surface area contributed by atoms with Gasteiger partial charge in [0.25, 0.3) is 0 Å². The number of likely N-dealkylation sites (tertiary alicyclic amines) is 1. The summed E-state index contributed by atoms with van der Waals surface area (Å²) in [6.07, 6.45) is 1.74. The standard InChI is InChI=1S/C20H20ClN3O3/c21-15-8-9-18-17(11-15)24(20(26)27-18)13-23-10-4-5-14(12-23)19(25)22-16-6-2-1-3-7-16/h1-3,6-9,11,14H,4-5,10,12-13H2,(H,22,25)/t14-/m1/s1. The first-order valence-corrected chi connectivity index (χ1v) is 9.35. The number of aromatic nitrogens is 1. The molecule has 1 aliphatic rings. The van der Waals surface area contributed by atoms with E-state index in [4.69, 9.17) is 16.0 Å². The molecule has 2 heterocycles. The summed E-state index contributed by atoms with van der Waals surface area (Å²) in [5.41, 5.74) is 1.98. The minimum absolute atomic E-state index is 0.0124. The van der Waals surface area contributed by atoms with Crippen molar-refractivity contribution >= 4 is 34.3 Å². The van der Waals surface area contributed by atoms with Crippen molar-refractivity contribution in [2.24, 2.45) is 5.92 Å². The number of benzene rings is 2. The molecular formula is C20H20ClN3O3. The quantitative estimate of drug-likeness (QED) is 0.745. The van der Waals surface area contributed by atoms with Crippen molar-refractivity contribution in [2.45, 2.75) is 19.5 Å². The van der Waals surface area contributed by atoms with E-state index in [1.807, 2.05) is 30.3 Å². The maximum Gasteiger partial charge on any atom is 0.421 e. The molecule has 1 fully saturated rings. The van der Waals surface area contributed by atoms with E-state index in [2.05, 4.69) is 10.2 Å². The fourth-order valence-corrected chi connectivity index (χ4v) is 3.70. The van der Waals surface area contributed by atoms with Gasteiger partial charge in [-0.25, -0.2) is 4.79 Å². The van der Waals surface area contributed by atoms with Crippen LogP contribution < -0.4 is 11.1 Å². The van der Waals surface area contributed by atoms with E-state index in [-0.39, 0.29) is 11.8 Å². The molecule has 6 nitrogen and oxygen atoms in total. The van der Waals surface area contributed by atoms with E-state index in [1.165, 1.54) is 0 Å². The molecule has 1 amide bonds. The number of fused-ring (bicyclic) bond motifs is 1. The van der Waals surface area contributed by atoms with Gasteiger partial charge in [0.05, 0.1) is 18.1 Å². The van der Waals surface area contributed by atoms with Gasteiger partial charge in [-0.05, 0) is 49.7 Å². The molecule has 0 unspecified atom stereocenters. The largest absolute Gasteiger partial charge is 0.421 e. The Bertz CT molecular complexity index is 1010. The van der Waals surface area contributed by atoms with Crippen molar-refractivity contribution in [1.82, 2.24) is 9.47 Å². The Morgan fingerprint density at radius 3 is 2.85 bits per heavy atom. The Morgan fingerprint density at radius 1 is 1.22 bits per heavy atom. The minimum atomic E-state index is -0.414. The van der Waals surface area contributed by atoms with Crippen LogP contribution in [0.1, 0.15) is 12.8 Å². The normalized spacial score (nSPS) is 17.9. The number of halogens is 1. The number of hydrogen-bond acceptors (Lipinski definition) is 4. The van der Waals surface area contributed by atoms with E-state index >= 15 is 0 Å². The van der Waals surface area contributed by atoms with Gasteiger partial charge in [-0.3, -0.25) is 14.3 Å². The maximum atomic E-state index is 12.6. The van der Waals surface area contributed by atoms with Crippen LogP contribution in [0.25, 0.3) is 11.1 Å². The zero-order chi connectivity index (χ0) is 18.8. The van der Waals surface area contributed by atoms with Crippen molar-refractivity contribution in [3.05, 3.63) is 64.1 Å². The van der Waals surface area contributed by atoms with Gasteiger partial charge in [0, 0.05) is 17.3 Å². The number of oxazole rings is 1. The third-order valence-corrected chi connectivity index (χ3v) is 5.12. The predicted molar refractivity (Wildman–Crippen MR) is 105 cm³/mol. The van der Waals surface area contributed by atoms with Crippen LogP contribution in [-0.4, -0.2) is 28.5 Å². The molecule has 2 aromatic carbocycles. The molecule has 1 atom stereocenters. The number of nitrogens with one attached hydrogen (secondary N) is 1. The topological polar surface area (TPSA) is 67.5 Å². The Hall–Kier alpha value is -2.57. The first kappa shape index (κ1) is 17.8. The van der Waals surface area contributed by atoms with Gasteiger partial charge in [0.2, 0.25) is 5.91 Å². The molecule has 7 heteroatoms. The van der Waals surface area contributed by atoms with Crippen LogP contribution in [0.2, 0.25) is 5.02 Å². The molecule has 0 aliphatic carbocycles. The summed E-state index contributed by atoms with van der Waals surface area (Å²) in [6.45, 7) is 1.80. The molecule has 140 valence electrons. The van der Waals surface area contributed by atoms with Crippen LogP contribution in [0.4, 0.5) is 5.69 Å². The molecule has 0 saturated carbocycles. The summed E-state index contributed by atoms with van der Waals surface area (Å²) in [5, 5.41) is 3.52. The second-order valence-corrected chi connectivity index (χ2v) is 7.26. The number of carbonyl (C=O) groups excluding carboxylic acids is 1. The van der Waals surface area contributed by atoms with Crippen molar-refractivity contribution in [1.29, 1.82) is 0 Å². The predicted octanol–water partition coefficient (Wildman–Crippen LogP) is 3.56. The lowest BCUT2D eigenvalue weighted by molar-refractivity contribution is -0.121. The van der Waals surface area contributed by atoms with Crippen LogP contribution in [0.15, 0.2) is 57.7 Å². The molecule has 0 spiro atoms. The highest BCUT2D eigenvalue weighted by atomic mass is 35.5. The van der Waals surface area contributed by atoms with E-state index < -0.39 is 5.76 Å². The van der Waals surface area contributed by atoms with Gasteiger partial charge < -0.3 is 9.73 Å². The van der Waals surface area contributed by atoms with Crippen molar-refractivity contribution < 1.29 is 9.21 Å². The number of rotatable bonds is 4. The van der Waals surface area contributed by atoms with Crippen LogP contribution in [0.5, 0.6) is 0 Å². The summed E-state index contributed by atoms with van der Waals surface area (Å²) in [5.74, 6) is -0.516.